The zero-order valence-corrected chi connectivity index (χ0v) is 18.6. The third-order valence-corrected chi connectivity index (χ3v) is 2.40. The molecule has 0 bridgehead atoms. The summed E-state index contributed by atoms with van der Waals surface area (Å²) >= 11 is 0. The van der Waals surface area contributed by atoms with Crippen LogP contribution in [-0.4, -0.2) is 25.3 Å². The van der Waals surface area contributed by atoms with Crippen LogP contribution in [-0.2, 0) is 20.8 Å². The molecule has 0 spiro atoms. The standard InChI is InChI=1S/C15H20NO3.CO2.2Na/c1-11(2)9-13(15(17)18)10-12-3-5-14(6-4-12)19-8-7-16;2-1-3;;/h3-6,11H,7-8,10,16H2,1-2H3,(H,17,18);;;/q-1;;2*+1/p-1. The van der Waals surface area contributed by atoms with E-state index >= 15 is 0 Å². The molecule has 1 aromatic carbocycles. The Morgan fingerprint density at radius 1 is 1.25 bits per heavy atom. The summed E-state index contributed by atoms with van der Waals surface area (Å²) in [6.45, 7) is 4.69. The first-order valence-corrected chi connectivity index (χ1v) is 6.69. The van der Waals surface area contributed by atoms with E-state index in [-0.39, 0.29) is 76.8 Å². The minimum absolute atomic E-state index is 0. The van der Waals surface area contributed by atoms with Gasteiger partial charge in [-0.05, 0) is 24.1 Å². The number of carboxylic acid groups (broad SMARTS) is 1. The Labute approximate surface area is 186 Å². The Hall–Kier alpha value is -0.430. The van der Waals surface area contributed by atoms with Crippen molar-refractivity contribution in [3.05, 3.63) is 41.5 Å². The van der Waals surface area contributed by atoms with Crippen LogP contribution in [0.3, 0.4) is 0 Å². The molecule has 0 aliphatic carbocycles. The molecule has 0 unspecified atom stereocenters. The fourth-order valence-corrected chi connectivity index (χ4v) is 1.62. The summed E-state index contributed by atoms with van der Waals surface area (Å²) in [4.78, 5) is 27.2. The van der Waals surface area contributed by atoms with Crippen LogP contribution >= 0.6 is 0 Å². The largest absolute Gasteiger partial charge is 1.00 e. The number of hydrogen-bond donors (Lipinski definition) is 1. The monoisotopic (exact) mass is 351 g/mol. The molecule has 1 aromatic rings. The summed E-state index contributed by atoms with van der Waals surface area (Å²) in [6, 6.07) is 7.26. The second-order valence-electron chi connectivity index (χ2n) is 4.61. The van der Waals surface area contributed by atoms with Crippen molar-refractivity contribution < 1.29 is 83.3 Å². The molecule has 8 heteroatoms. The van der Waals surface area contributed by atoms with Crippen molar-refractivity contribution in [1.29, 1.82) is 0 Å². The van der Waals surface area contributed by atoms with Crippen molar-refractivity contribution in [1.82, 2.24) is 0 Å². The molecular formula is C16H19NNa2O5. The molecule has 120 valence electrons. The molecule has 0 aromatic heterocycles. The first kappa shape index (κ1) is 28.4. The Morgan fingerprint density at radius 3 is 2.12 bits per heavy atom. The Balaban J connectivity index is -0.000000818. The van der Waals surface area contributed by atoms with E-state index in [1.54, 1.807) is 12.1 Å². The van der Waals surface area contributed by atoms with E-state index in [1.165, 1.54) is 0 Å². The summed E-state index contributed by atoms with van der Waals surface area (Å²) in [6.07, 6.45) is 3.44. The van der Waals surface area contributed by atoms with Gasteiger partial charge in [0.05, 0.1) is 0 Å². The molecule has 0 amide bonds. The average Bonchev–Trinajstić information content (AvgIpc) is 2.46. The van der Waals surface area contributed by atoms with Gasteiger partial charge in [-0.15, -0.1) is 11.9 Å². The predicted molar refractivity (Wildman–Crippen MR) is 76.3 cm³/mol. The van der Waals surface area contributed by atoms with Crippen LogP contribution < -0.4 is 74.7 Å². The van der Waals surface area contributed by atoms with Gasteiger partial charge in [-0.25, -0.2) is 0 Å². The van der Waals surface area contributed by atoms with Gasteiger partial charge in [0.1, 0.15) is 12.4 Å². The number of carbonyl (C=O) groups excluding carboxylic acids is 3. The first-order chi connectivity index (χ1) is 10.4. The molecule has 6 nitrogen and oxygen atoms in total. The number of benzene rings is 1. The molecule has 0 saturated heterocycles. The van der Waals surface area contributed by atoms with Gasteiger partial charge in [-0.2, -0.15) is 15.2 Å². The first-order valence-electron chi connectivity index (χ1n) is 6.69. The maximum atomic E-state index is 11.0. The van der Waals surface area contributed by atoms with E-state index in [0.29, 0.717) is 19.6 Å². The van der Waals surface area contributed by atoms with Gasteiger partial charge < -0.3 is 20.4 Å². The van der Waals surface area contributed by atoms with Crippen molar-refractivity contribution in [2.75, 3.05) is 13.2 Å². The number of ether oxygens (including phenoxy) is 1. The van der Waals surface area contributed by atoms with Crippen LogP contribution in [0.25, 0.3) is 0 Å². The summed E-state index contributed by atoms with van der Waals surface area (Å²) in [5.74, 6) is -0.391. The van der Waals surface area contributed by atoms with Crippen LogP contribution in [0.4, 0.5) is 0 Å². The molecular weight excluding hydrogens is 332 g/mol. The summed E-state index contributed by atoms with van der Waals surface area (Å²) in [7, 11) is 0. The van der Waals surface area contributed by atoms with Crippen molar-refractivity contribution in [2.45, 2.75) is 20.3 Å². The van der Waals surface area contributed by atoms with Crippen molar-refractivity contribution in [3.63, 3.8) is 0 Å². The predicted octanol–water partition coefficient (Wildman–Crippen LogP) is -5.87. The topological polar surface area (TPSA) is 110 Å². The third kappa shape index (κ3) is 14.0. The minimum Gasteiger partial charge on any atom is -0.658 e. The number of aliphatic carboxylic acids is 1. The normalized spacial score (nSPS) is 9.58. The van der Waals surface area contributed by atoms with Gasteiger partial charge in [0, 0.05) is 6.54 Å². The molecule has 0 heterocycles. The van der Waals surface area contributed by atoms with Gasteiger partial charge in [0.25, 0.3) is 0 Å². The molecule has 1 rings (SSSR count). The minimum atomic E-state index is -1.17. The van der Waals surface area contributed by atoms with E-state index in [4.69, 9.17) is 20.1 Å². The summed E-state index contributed by atoms with van der Waals surface area (Å²) < 4.78 is 5.35. The summed E-state index contributed by atoms with van der Waals surface area (Å²) in [5, 5.41) is 11.0. The summed E-state index contributed by atoms with van der Waals surface area (Å²) in [5.41, 5.74) is 6.41. The fourth-order valence-electron chi connectivity index (χ4n) is 1.62. The molecule has 24 heavy (non-hydrogen) atoms. The SMILES string of the molecule is CC(C)[C-]=C(Cc1ccc(OCCN)cc1)C(=O)[O-].O=C=O.[Na+].[Na+]. The Kier molecular flexibility index (Phi) is 20.6. The molecule has 0 aliphatic rings. The van der Waals surface area contributed by atoms with Gasteiger partial charge >= 0.3 is 65.3 Å². The van der Waals surface area contributed by atoms with Gasteiger partial charge in [-0.1, -0.05) is 26.0 Å². The van der Waals surface area contributed by atoms with E-state index in [9.17, 15) is 9.90 Å². The Bertz CT molecular complexity index is 524. The molecule has 0 radical (unpaired) electrons. The number of carboxylic acids is 1. The third-order valence-electron chi connectivity index (χ3n) is 2.40. The van der Waals surface area contributed by atoms with Gasteiger partial charge in [0.2, 0.25) is 0 Å². The number of hydrogen-bond acceptors (Lipinski definition) is 6. The van der Waals surface area contributed by atoms with Crippen LogP contribution in [0.2, 0.25) is 0 Å². The van der Waals surface area contributed by atoms with Crippen molar-refractivity contribution in [2.24, 2.45) is 11.7 Å². The van der Waals surface area contributed by atoms with E-state index in [0.717, 1.165) is 11.3 Å². The second kappa shape index (κ2) is 17.4. The number of carbonyl (C=O) groups is 1. The quantitative estimate of drug-likeness (QED) is 0.298. The average molecular weight is 351 g/mol. The van der Waals surface area contributed by atoms with E-state index in [1.807, 2.05) is 26.0 Å². The smallest absolute Gasteiger partial charge is 0.658 e. The molecule has 0 atom stereocenters. The van der Waals surface area contributed by atoms with Crippen molar-refractivity contribution in [3.8, 4) is 5.75 Å². The number of allylic oxidation sites excluding steroid dienone is 1. The maximum Gasteiger partial charge on any atom is 1.00 e. The zero-order valence-electron chi connectivity index (χ0n) is 14.6. The molecule has 0 fully saturated rings. The van der Waals surface area contributed by atoms with Crippen LogP contribution in [0.1, 0.15) is 19.4 Å². The van der Waals surface area contributed by atoms with Crippen LogP contribution in [0.5, 0.6) is 5.75 Å². The van der Waals surface area contributed by atoms with Crippen molar-refractivity contribution >= 4 is 12.1 Å². The van der Waals surface area contributed by atoms with Crippen LogP contribution in [0, 0.1) is 12.0 Å². The number of nitrogens with two attached hydrogens (primary N) is 1. The van der Waals surface area contributed by atoms with Crippen LogP contribution in [0.15, 0.2) is 29.8 Å². The van der Waals surface area contributed by atoms with E-state index < -0.39 is 5.97 Å². The fraction of sp³-hybridized carbons (Fsp3) is 0.375. The van der Waals surface area contributed by atoms with Gasteiger partial charge in [0.15, 0.2) is 0 Å². The second-order valence-corrected chi connectivity index (χ2v) is 4.61. The zero-order chi connectivity index (χ0) is 17.0. The number of rotatable bonds is 7. The molecule has 0 saturated carbocycles. The molecule has 0 aliphatic heterocycles. The van der Waals surface area contributed by atoms with Gasteiger partial charge in [-0.3, -0.25) is 6.08 Å². The maximum absolute atomic E-state index is 11.0. The molecule has 2 N–H and O–H groups in total. The Morgan fingerprint density at radius 2 is 1.75 bits per heavy atom. The van der Waals surface area contributed by atoms with E-state index in [2.05, 4.69) is 6.08 Å².